The zero-order valence-corrected chi connectivity index (χ0v) is 17.5. The van der Waals surface area contributed by atoms with E-state index in [1.54, 1.807) is 23.7 Å². The number of aliphatic imine (C=N–C) groups is 1. The molecule has 5 heteroatoms. The molecule has 5 nitrogen and oxygen atoms in total. The fraction of sp³-hybridized carbons (Fsp3) is 0.280. The number of rotatable bonds is 9. The molecule has 1 heterocycles. The van der Waals surface area contributed by atoms with Gasteiger partial charge in [0.2, 0.25) is 5.56 Å². The van der Waals surface area contributed by atoms with Gasteiger partial charge in [-0.15, -0.1) is 0 Å². The second-order valence-corrected chi connectivity index (χ2v) is 7.19. The van der Waals surface area contributed by atoms with Crippen molar-refractivity contribution in [2.75, 3.05) is 20.1 Å². The first kappa shape index (κ1) is 21.4. The van der Waals surface area contributed by atoms with Gasteiger partial charge in [0.05, 0.1) is 0 Å². The molecule has 30 heavy (non-hydrogen) atoms. The fourth-order valence-corrected chi connectivity index (χ4v) is 3.48. The summed E-state index contributed by atoms with van der Waals surface area (Å²) in [4.78, 5) is 16.1. The van der Waals surface area contributed by atoms with Crippen LogP contribution in [0.4, 0.5) is 0 Å². The molecular formula is C25H30N4O. The normalized spacial score (nSPS) is 11.5. The van der Waals surface area contributed by atoms with Crippen LogP contribution < -0.4 is 16.2 Å². The summed E-state index contributed by atoms with van der Waals surface area (Å²) in [5.41, 5.74) is 2.61. The number of aryl methyl sites for hydroxylation is 1. The van der Waals surface area contributed by atoms with Crippen molar-refractivity contribution in [2.45, 2.75) is 25.3 Å². The lowest BCUT2D eigenvalue weighted by molar-refractivity contribution is 0.585. The van der Waals surface area contributed by atoms with Gasteiger partial charge < -0.3 is 15.2 Å². The molecule has 0 saturated heterocycles. The molecule has 156 valence electrons. The zero-order chi connectivity index (χ0) is 21.0. The molecule has 3 rings (SSSR count). The highest BCUT2D eigenvalue weighted by atomic mass is 16.1. The highest BCUT2D eigenvalue weighted by Gasteiger charge is 2.14. The highest BCUT2D eigenvalue weighted by molar-refractivity contribution is 5.79. The lowest BCUT2D eigenvalue weighted by atomic mass is 9.91. The van der Waals surface area contributed by atoms with Gasteiger partial charge in [-0.2, -0.15) is 0 Å². The van der Waals surface area contributed by atoms with E-state index in [-0.39, 0.29) is 11.5 Å². The largest absolute Gasteiger partial charge is 0.356 e. The fourth-order valence-electron chi connectivity index (χ4n) is 3.48. The minimum atomic E-state index is 0.0517. The summed E-state index contributed by atoms with van der Waals surface area (Å²) in [7, 11) is 1.79. The van der Waals surface area contributed by atoms with Gasteiger partial charge >= 0.3 is 0 Å². The van der Waals surface area contributed by atoms with Gasteiger partial charge in [0.25, 0.3) is 0 Å². The van der Waals surface area contributed by atoms with Crippen molar-refractivity contribution in [2.24, 2.45) is 4.99 Å². The summed E-state index contributed by atoms with van der Waals surface area (Å²) in [6.07, 6.45) is 3.73. The molecule has 0 aliphatic rings. The molecule has 3 aromatic rings. The van der Waals surface area contributed by atoms with E-state index in [1.807, 2.05) is 24.4 Å². The Labute approximate surface area is 178 Å². The monoisotopic (exact) mass is 402 g/mol. The van der Waals surface area contributed by atoms with Crippen LogP contribution in [0.1, 0.15) is 29.9 Å². The second kappa shape index (κ2) is 11.6. The average molecular weight is 403 g/mol. The standard InChI is InChI=1S/C25H30N4O/c1-26-25(27-17-9-11-19-29-18-10-8-16-24(29)30)28-20-23(21-12-4-2-5-13-21)22-14-6-3-7-15-22/h2-8,10,12-16,18,23H,9,11,17,19-20H2,1H3,(H2,26,27,28). The van der Waals surface area contributed by atoms with Gasteiger partial charge in [0.1, 0.15) is 0 Å². The van der Waals surface area contributed by atoms with Crippen LogP contribution in [0.15, 0.2) is 94.8 Å². The summed E-state index contributed by atoms with van der Waals surface area (Å²) < 4.78 is 1.75. The third-order valence-corrected chi connectivity index (χ3v) is 5.12. The third kappa shape index (κ3) is 6.34. The maximum Gasteiger partial charge on any atom is 0.250 e. The first-order chi connectivity index (χ1) is 14.8. The summed E-state index contributed by atoms with van der Waals surface area (Å²) in [5, 5.41) is 6.85. The van der Waals surface area contributed by atoms with E-state index in [0.29, 0.717) is 0 Å². The Balaban J connectivity index is 1.49. The van der Waals surface area contributed by atoms with Gasteiger partial charge in [-0.05, 0) is 30.0 Å². The first-order valence-corrected chi connectivity index (χ1v) is 10.5. The summed E-state index contributed by atoms with van der Waals surface area (Å²) in [6.45, 7) is 2.30. The van der Waals surface area contributed by atoms with E-state index in [1.165, 1.54) is 11.1 Å². The van der Waals surface area contributed by atoms with Gasteiger partial charge in [0.15, 0.2) is 5.96 Å². The predicted octanol–water partition coefficient (Wildman–Crippen LogP) is 3.63. The molecule has 0 aliphatic carbocycles. The summed E-state index contributed by atoms with van der Waals surface area (Å²) in [5.74, 6) is 1.04. The smallest absolute Gasteiger partial charge is 0.250 e. The van der Waals surface area contributed by atoms with Gasteiger partial charge in [-0.3, -0.25) is 9.79 Å². The SMILES string of the molecule is CN=C(NCCCCn1ccccc1=O)NCC(c1ccccc1)c1ccccc1. The Kier molecular flexibility index (Phi) is 8.27. The molecule has 0 atom stereocenters. The lowest BCUT2D eigenvalue weighted by Crippen LogP contribution is -2.40. The van der Waals surface area contributed by atoms with Crippen molar-refractivity contribution in [1.29, 1.82) is 0 Å². The quantitative estimate of drug-likeness (QED) is 0.326. The number of benzene rings is 2. The molecular weight excluding hydrogens is 372 g/mol. The Hall–Kier alpha value is -3.34. The van der Waals surface area contributed by atoms with Gasteiger partial charge in [-0.1, -0.05) is 66.7 Å². The lowest BCUT2D eigenvalue weighted by Gasteiger charge is -2.20. The van der Waals surface area contributed by atoms with Crippen LogP contribution in [0.2, 0.25) is 0 Å². The van der Waals surface area contributed by atoms with E-state index >= 15 is 0 Å². The number of nitrogens with zero attached hydrogens (tertiary/aromatic N) is 2. The van der Waals surface area contributed by atoms with Crippen LogP contribution in [-0.4, -0.2) is 30.7 Å². The Morgan fingerprint density at radius 1 is 0.867 bits per heavy atom. The van der Waals surface area contributed by atoms with Gasteiger partial charge in [-0.25, -0.2) is 0 Å². The molecule has 2 N–H and O–H groups in total. The van der Waals surface area contributed by atoms with Gasteiger partial charge in [0, 0.05) is 44.9 Å². The number of unbranched alkanes of at least 4 members (excludes halogenated alkanes) is 1. The topological polar surface area (TPSA) is 58.4 Å². The molecule has 0 aliphatic heterocycles. The minimum absolute atomic E-state index is 0.0517. The molecule has 0 saturated carbocycles. The van der Waals surface area contributed by atoms with E-state index in [0.717, 1.165) is 38.4 Å². The second-order valence-electron chi connectivity index (χ2n) is 7.19. The molecule has 0 unspecified atom stereocenters. The van der Waals surface area contributed by atoms with Crippen molar-refractivity contribution >= 4 is 5.96 Å². The number of hydrogen-bond donors (Lipinski definition) is 2. The van der Waals surface area contributed by atoms with E-state index in [2.05, 4.69) is 64.2 Å². The molecule has 2 aromatic carbocycles. The Morgan fingerprint density at radius 3 is 2.10 bits per heavy atom. The van der Waals surface area contributed by atoms with Crippen molar-refractivity contribution in [3.05, 3.63) is 107 Å². The Morgan fingerprint density at radius 2 is 1.50 bits per heavy atom. The Bertz CT molecular complexity index is 927. The van der Waals surface area contributed by atoms with Crippen LogP contribution in [0.3, 0.4) is 0 Å². The van der Waals surface area contributed by atoms with Crippen molar-refractivity contribution < 1.29 is 0 Å². The highest BCUT2D eigenvalue weighted by Crippen LogP contribution is 2.23. The molecule has 0 amide bonds. The maximum absolute atomic E-state index is 11.7. The van der Waals surface area contributed by atoms with E-state index in [4.69, 9.17) is 0 Å². The minimum Gasteiger partial charge on any atom is -0.356 e. The number of aromatic nitrogens is 1. The maximum atomic E-state index is 11.7. The van der Waals surface area contributed by atoms with Crippen LogP contribution in [0.25, 0.3) is 0 Å². The number of hydrogen-bond acceptors (Lipinski definition) is 2. The van der Waals surface area contributed by atoms with Crippen molar-refractivity contribution in [1.82, 2.24) is 15.2 Å². The number of pyridine rings is 1. The molecule has 0 fully saturated rings. The summed E-state index contributed by atoms with van der Waals surface area (Å²) >= 11 is 0. The van der Waals surface area contributed by atoms with Crippen LogP contribution in [0, 0.1) is 0 Å². The van der Waals surface area contributed by atoms with Crippen LogP contribution in [0.5, 0.6) is 0 Å². The molecule has 1 aromatic heterocycles. The van der Waals surface area contributed by atoms with Crippen molar-refractivity contribution in [3.8, 4) is 0 Å². The molecule has 0 bridgehead atoms. The number of nitrogens with one attached hydrogen (secondary N) is 2. The van der Waals surface area contributed by atoms with Crippen LogP contribution >= 0.6 is 0 Å². The van der Waals surface area contributed by atoms with E-state index in [9.17, 15) is 4.79 Å². The summed E-state index contributed by atoms with van der Waals surface area (Å²) in [6, 6.07) is 26.3. The molecule has 0 spiro atoms. The van der Waals surface area contributed by atoms with E-state index < -0.39 is 0 Å². The van der Waals surface area contributed by atoms with Crippen molar-refractivity contribution in [3.63, 3.8) is 0 Å². The predicted molar refractivity (Wildman–Crippen MR) is 124 cm³/mol. The number of guanidine groups is 1. The zero-order valence-electron chi connectivity index (χ0n) is 17.5. The third-order valence-electron chi connectivity index (χ3n) is 5.12. The molecule has 0 radical (unpaired) electrons. The average Bonchev–Trinajstić information content (AvgIpc) is 2.80. The van der Waals surface area contributed by atoms with Crippen LogP contribution in [-0.2, 0) is 6.54 Å². The first-order valence-electron chi connectivity index (χ1n) is 10.5.